The number of carbonyl (C=O) groups is 2. The van der Waals surface area contributed by atoms with Gasteiger partial charge in [0.15, 0.2) is 0 Å². The average molecular weight is 383 g/mol. The van der Waals surface area contributed by atoms with Crippen LogP contribution in [-0.4, -0.2) is 17.0 Å². The van der Waals surface area contributed by atoms with E-state index in [1.807, 2.05) is 24.3 Å². The van der Waals surface area contributed by atoms with Crippen molar-refractivity contribution in [1.82, 2.24) is 0 Å². The van der Waals surface area contributed by atoms with Gasteiger partial charge in [0, 0.05) is 10.9 Å². The van der Waals surface area contributed by atoms with Crippen LogP contribution in [0.15, 0.2) is 53.9 Å². The van der Waals surface area contributed by atoms with Crippen LogP contribution in [-0.2, 0) is 17.6 Å². The van der Waals surface area contributed by atoms with Crippen molar-refractivity contribution in [2.24, 2.45) is 0 Å². The van der Waals surface area contributed by atoms with Crippen molar-refractivity contribution in [1.29, 1.82) is 0 Å². The molecule has 0 aliphatic heterocycles. The molecule has 1 amide bonds. The molecule has 0 saturated heterocycles. The Morgan fingerprint density at radius 2 is 1.67 bits per heavy atom. The number of nitrogens with one attached hydrogen (secondary N) is 1. The highest BCUT2D eigenvalue weighted by atomic mass is 32.1. The van der Waals surface area contributed by atoms with Crippen LogP contribution in [0.3, 0.4) is 0 Å². The average Bonchev–Trinajstić information content (AvgIpc) is 3.07. The van der Waals surface area contributed by atoms with Crippen LogP contribution in [0.4, 0.5) is 9.39 Å². The van der Waals surface area contributed by atoms with Crippen molar-refractivity contribution in [3.8, 4) is 11.1 Å². The third-order valence-electron chi connectivity index (χ3n) is 4.21. The zero-order chi connectivity index (χ0) is 19.4. The summed E-state index contributed by atoms with van der Waals surface area (Å²) in [6.07, 6.45) is 0.943. The van der Waals surface area contributed by atoms with Gasteiger partial charge in [0.05, 0.1) is 6.42 Å². The van der Waals surface area contributed by atoms with Gasteiger partial charge in [-0.2, -0.15) is 0 Å². The lowest BCUT2D eigenvalue weighted by Crippen LogP contribution is -2.15. The van der Waals surface area contributed by atoms with Gasteiger partial charge in [-0.1, -0.05) is 43.3 Å². The van der Waals surface area contributed by atoms with E-state index in [1.165, 1.54) is 41.2 Å². The van der Waals surface area contributed by atoms with Crippen molar-refractivity contribution in [3.63, 3.8) is 0 Å². The number of amides is 1. The first kappa shape index (κ1) is 18.8. The number of halogens is 1. The summed E-state index contributed by atoms with van der Waals surface area (Å²) in [7, 11) is 0. The molecule has 2 aromatic carbocycles. The largest absolute Gasteiger partial charge is 0.478 e. The van der Waals surface area contributed by atoms with Crippen molar-refractivity contribution in [2.75, 3.05) is 5.32 Å². The molecule has 138 valence electrons. The van der Waals surface area contributed by atoms with E-state index in [-0.39, 0.29) is 23.7 Å². The molecule has 0 bridgehead atoms. The molecule has 0 aliphatic carbocycles. The van der Waals surface area contributed by atoms with Gasteiger partial charge < -0.3 is 10.4 Å². The Balaban J connectivity index is 1.83. The SMILES string of the molecule is CCc1ccc(-c2csc(NC(=O)Cc3ccc(F)cc3)c2C(=O)O)cc1. The zero-order valence-corrected chi connectivity index (χ0v) is 15.5. The minimum atomic E-state index is -1.09. The Bertz CT molecular complexity index is 962. The number of aryl methyl sites for hydroxylation is 1. The Kier molecular flexibility index (Phi) is 5.66. The van der Waals surface area contributed by atoms with E-state index in [0.717, 1.165) is 12.0 Å². The predicted molar refractivity (Wildman–Crippen MR) is 105 cm³/mol. The van der Waals surface area contributed by atoms with Gasteiger partial charge in [-0.25, -0.2) is 9.18 Å². The van der Waals surface area contributed by atoms with Crippen LogP contribution < -0.4 is 5.32 Å². The highest BCUT2D eigenvalue weighted by Gasteiger charge is 2.21. The molecule has 0 fully saturated rings. The molecule has 1 heterocycles. The Labute approximate surface area is 160 Å². The number of anilines is 1. The molecule has 27 heavy (non-hydrogen) atoms. The Hall–Kier alpha value is -2.99. The molecular formula is C21H18FNO3S. The highest BCUT2D eigenvalue weighted by Crippen LogP contribution is 2.35. The summed E-state index contributed by atoms with van der Waals surface area (Å²) in [5.41, 5.74) is 3.26. The van der Waals surface area contributed by atoms with E-state index in [0.29, 0.717) is 16.1 Å². The summed E-state index contributed by atoms with van der Waals surface area (Å²) in [6.45, 7) is 2.05. The van der Waals surface area contributed by atoms with Crippen LogP contribution in [0.25, 0.3) is 11.1 Å². The van der Waals surface area contributed by atoms with E-state index in [1.54, 1.807) is 5.38 Å². The molecule has 0 spiro atoms. The van der Waals surface area contributed by atoms with E-state index in [9.17, 15) is 19.1 Å². The van der Waals surface area contributed by atoms with E-state index in [4.69, 9.17) is 0 Å². The summed E-state index contributed by atoms with van der Waals surface area (Å²) in [5, 5.41) is 14.3. The fourth-order valence-corrected chi connectivity index (χ4v) is 3.73. The van der Waals surface area contributed by atoms with Gasteiger partial charge in [0.1, 0.15) is 16.4 Å². The number of carbonyl (C=O) groups excluding carboxylic acids is 1. The molecular weight excluding hydrogens is 365 g/mol. The molecule has 6 heteroatoms. The lowest BCUT2D eigenvalue weighted by molar-refractivity contribution is -0.115. The van der Waals surface area contributed by atoms with Crippen molar-refractivity contribution in [2.45, 2.75) is 19.8 Å². The summed E-state index contributed by atoms with van der Waals surface area (Å²) in [6, 6.07) is 13.3. The molecule has 0 aliphatic rings. The van der Waals surface area contributed by atoms with E-state index in [2.05, 4.69) is 12.2 Å². The number of rotatable bonds is 6. The monoisotopic (exact) mass is 383 g/mol. The Morgan fingerprint density at radius 1 is 1.04 bits per heavy atom. The topological polar surface area (TPSA) is 66.4 Å². The second-order valence-corrected chi connectivity index (χ2v) is 6.94. The van der Waals surface area contributed by atoms with Crippen LogP contribution >= 0.6 is 11.3 Å². The maximum Gasteiger partial charge on any atom is 0.339 e. The molecule has 4 nitrogen and oxygen atoms in total. The third-order valence-corrected chi connectivity index (χ3v) is 5.10. The quantitative estimate of drug-likeness (QED) is 0.630. The fraction of sp³-hybridized carbons (Fsp3) is 0.143. The van der Waals surface area contributed by atoms with Crippen molar-refractivity contribution >= 4 is 28.2 Å². The Morgan fingerprint density at radius 3 is 2.26 bits per heavy atom. The van der Waals surface area contributed by atoms with Crippen molar-refractivity contribution in [3.05, 3.63) is 76.4 Å². The molecule has 1 aromatic heterocycles. The second kappa shape index (κ2) is 8.14. The first-order valence-electron chi connectivity index (χ1n) is 8.46. The second-order valence-electron chi connectivity index (χ2n) is 6.06. The van der Waals surface area contributed by atoms with Crippen LogP contribution in [0, 0.1) is 5.82 Å². The summed E-state index contributed by atoms with van der Waals surface area (Å²) in [4.78, 5) is 24.1. The number of thiophene rings is 1. The third kappa shape index (κ3) is 4.41. The van der Waals surface area contributed by atoms with E-state index >= 15 is 0 Å². The van der Waals surface area contributed by atoms with Crippen molar-refractivity contribution < 1.29 is 19.1 Å². The number of benzene rings is 2. The summed E-state index contributed by atoms with van der Waals surface area (Å²) < 4.78 is 13.0. The molecule has 0 atom stereocenters. The van der Waals surface area contributed by atoms with Crippen LogP contribution in [0.5, 0.6) is 0 Å². The zero-order valence-electron chi connectivity index (χ0n) is 14.7. The fourth-order valence-electron chi connectivity index (χ4n) is 2.75. The van der Waals surface area contributed by atoms with Gasteiger partial charge in [-0.05, 0) is 35.2 Å². The minimum Gasteiger partial charge on any atom is -0.478 e. The lowest BCUT2D eigenvalue weighted by Gasteiger charge is -2.07. The summed E-state index contributed by atoms with van der Waals surface area (Å²) >= 11 is 1.18. The van der Waals surface area contributed by atoms with Gasteiger partial charge in [-0.3, -0.25) is 4.79 Å². The summed E-state index contributed by atoms with van der Waals surface area (Å²) in [5.74, 6) is -1.81. The number of aromatic carboxylic acids is 1. The molecule has 0 unspecified atom stereocenters. The van der Waals surface area contributed by atoms with Crippen LogP contribution in [0.2, 0.25) is 0 Å². The first-order chi connectivity index (χ1) is 13.0. The smallest absolute Gasteiger partial charge is 0.339 e. The highest BCUT2D eigenvalue weighted by molar-refractivity contribution is 7.15. The number of hydrogen-bond acceptors (Lipinski definition) is 3. The molecule has 0 saturated carbocycles. The standard InChI is InChI=1S/C21H18FNO3S/c1-2-13-3-7-15(8-4-13)17-12-27-20(19(17)21(25)26)23-18(24)11-14-5-9-16(22)10-6-14/h3-10,12H,2,11H2,1H3,(H,23,24)(H,25,26). The van der Waals surface area contributed by atoms with Gasteiger partial charge in [-0.15, -0.1) is 11.3 Å². The molecule has 3 aromatic rings. The van der Waals surface area contributed by atoms with Gasteiger partial charge in [0.25, 0.3) is 0 Å². The minimum absolute atomic E-state index is 0.0395. The predicted octanol–water partition coefficient (Wildman–Crippen LogP) is 5.00. The maximum atomic E-state index is 13.0. The number of carboxylic acid groups (broad SMARTS) is 1. The molecule has 3 rings (SSSR count). The van der Waals surface area contributed by atoms with Gasteiger partial charge in [0.2, 0.25) is 5.91 Å². The van der Waals surface area contributed by atoms with E-state index < -0.39 is 5.97 Å². The number of carboxylic acids is 1. The van der Waals surface area contributed by atoms with Crippen LogP contribution in [0.1, 0.15) is 28.4 Å². The molecule has 0 radical (unpaired) electrons. The lowest BCUT2D eigenvalue weighted by atomic mass is 10.0. The maximum absolute atomic E-state index is 13.0. The normalized spacial score (nSPS) is 10.6. The first-order valence-corrected chi connectivity index (χ1v) is 9.34. The molecule has 2 N–H and O–H groups in total. The number of hydrogen-bond donors (Lipinski definition) is 2. The van der Waals surface area contributed by atoms with Gasteiger partial charge >= 0.3 is 5.97 Å².